The number of aliphatic hydroxyl groups is 1. The van der Waals surface area contributed by atoms with Gasteiger partial charge in [0.25, 0.3) is 5.91 Å². The Balaban J connectivity index is 1.66. The number of fused-ring (bicyclic) bond motifs is 1. The lowest BCUT2D eigenvalue weighted by molar-refractivity contribution is -0.152. The van der Waals surface area contributed by atoms with E-state index in [4.69, 9.17) is 45.1 Å². The summed E-state index contributed by atoms with van der Waals surface area (Å²) in [5, 5.41) is 21.7. The Morgan fingerprint density at radius 2 is 1.94 bits per heavy atom. The normalized spacial score (nSPS) is 17.2. The van der Waals surface area contributed by atoms with E-state index in [0.29, 0.717) is 18.5 Å². The maximum atomic E-state index is 13.4. The van der Waals surface area contributed by atoms with Crippen molar-refractivity contribution in [2.24, 2.45) is 10.5 Å². The number of pyridine rings is 1. The lowest BCUT2D eigenvalue weighted by atomic mass is 9.90. The van der Waals surface area contributed by atoms with E-state index in [1.54, 1.807) is 39.1 Å². The number of nitrogens with zero attached hydrogens (tertiary/aromatic N) is 5. The minimum absolute atomic E-state index is 0.0285. The summed E-state index contributed by atoms with van der Waals surface area (Å²) in [4.78, 5) is 59.5. The minimum Gasteiger partial charge on any atom is -0.460 e. The number of alkyl halides is 3. The number of carbonyl (C=O) groups excluding carboxylic acids is 4. The average molecular weight is 726 g/mol. The number of benzene rings is 1. The highest BCUT2D eigenvalue weighted by atomic mass is 35.6. The van der Waals surface area contributed by atoms with E-state index in [1.807, 2.05) is 24.3 Å². The molecule has 1 aromatic carbocycles. The zero-order valence-corrected chi connectivity index (χ0v) is 29.2. The van der Waals surface area contributed by atoms with E-state index in [-0.39, 0.29) is 19.5 Å². The number of amides is 3. The number of hydrazine groups is 1. The summed E-state index contributed by atoms with van der Waals surface area (Å²) in [7, 11) is 0. The van der Waals surface area contributed by atoms with Crippen molar-refractivity contribution in [2.45, 2.75) is 75.0 Å². The summed E-state index contributed by atoms with van der Waals surface area (Å²) in [6.45, 7) is 6.19. The highest BCUT2D eigenvalue weighted by molar-refractivity contribution is 6.67. The third kappa shape index (κ3) is 11.5. The van der Waals surface area contributed by atoms with Gasteiger partial charge in [0, 0.05) is 29.6 Å². The number of halogens is 3. The Kier molecular flexibility index (Phi) is 13.9. The van der Waals surface area contributed by atoms with E-state index >= 15 is 0 Å². The molecule has 1 aromatic heterocycles. The lowest BCUT2D eigenvalue weighted by Gasteiger charge is -2.34. The molecule has 4 N–H and O–H groups in total. The van der Waals surface area contributed by atoms with Crippen LogP contribution in [0.15, 0.2) is 41.7 Å². The number of ether oxygens (including phenoxy) is 1. The van der Waals surface area contributed by atoms with Crippen molar-refractivity contribution < 1.29 is 29.0 Å². The molecule has 0 aliphatic carbocycles. The summed E-state index contributed by atoms with van der Waals surface area (Å²) >= 11 is 16.9. The summed E-state index contributed by atoms with van der Waals surface area (Å²) < 4.78 is 3.23. The average Bonchev–Trinajstić information content (AvgIpc) is 3.04. The number of azide groups is 1. The third-order valence-electron chi connectivity index (χ3n) is 7.55. The van der Waals surface area contributed by atoms with Gasteiger partial charge in [-0.2, -0.15) is 0 Å². The lowest BCUT2D eigenvalue weighted by Crippen LogP contribution is -2.60. The topological polar surface area (TPSA) is 199 Å². The van der Waals surface area contributed by atoms with Gasteiger partial charge in [-0.3, -0.25) is 29.2 Å². The Morgan fingerprint density at radius 1 is 1.21 bits per heavy atom. The number of esters is 1. The number of hydrogen-bond acceptors (Lipinski definition) is 9. The molecule has 4 atom stereocenters. The van der Waals surface area contributed by atoms with Gasteiger partial charge in [0.05, 0.1) is 17.2 Å². The fraction of sp³-hybridized carbons (Fsp3) is 0.516. The molecule has 2 aromatic rings. The van der Waals surface area contributed by atoms with Crippen LogP contribution < -0.4 is 16.1 Å². The second kappa shape index (κ2) is 17.1. The maximum Gasteiger partial charge on any atom is 0.325 e. The SMILES string of the molecule is C[C@H](NC(=O)C(CCN=[N+]=[N-])NC(=O)C(C)(C)/C=C/c1cc2cc([C@@H](C)O)ccc2cn1)C(=O)N1CCC[C@@H](C(=O)OCC(Cl)(Cl)Cl)N1. The van der Waals surface area contributed by atoms with Gasteiger partial charge in [-0.25, -0.2) is 5.43 Å². The van der Waals surface area contributed by atoms with Crippen LogP contribution in [0, 0.1) is 5.41 Å². The zero-order chi connectivity index (χ0) is 35.6. The summed E-state index contributed by atoms with van der Waals surface area (Å²) in [6, 6.07) is 4.36. The molecule has 0 spiro atoms. The number of hydrogen-bond donors (Lipinski definition) is 4. The molecule has 3 rings (SSSR count). The smallest absolute Gasteiger partial charge is 0.325 e. The highest BCUT2D eigenvalue weighted by Gasteiger charge is 2.34. The van der Waals surface area contributed by atoms with Crippen molar-refractivity contribution in [1.82, 2.24) is 26.1 Å². The molecule has 2 heterocycles. The van der Waals surface area contributed by atoms with Gasteiger partial charge >= 0.3 is 5.97 Å². The Hall–Kier alpha value is -3.65. The molecule has 260 valence electrons. The number of aliphatic hydroxyl groups excluding tert-OH is 1. The molecule has 1 unspecified atom stereocenters. The molecular weight excluding hydrogens is 687 g/mol. The molecule has 1 saturated heterocycles. The molecule has 0 saturated carbocycles. The largest absolute Gasteiger partial charge is 0.460 e. The number of nitrogens with one attached hydrogen (secondary N) is 3. The van der Waals surface area contributed by atoms with Crippen molar-refractivity contribution in [3.8, 4) is 0 Å². The first-order valence-electron chi connectivity index (χ1n) is 15.2. The number of aromatic nitrogens is 1. The number of rotatable bonds is 13. The van der Waals surface area contributed by atoms with E-state index in [2.05, 4.69) is 31.1 Å². The second-order valence-corrected chi connectivity index (χ2v) is 14.5. The van der Waals surface area contributed by atoms with Gasteiger partial charge in [-0.05, 0) is 81.6 Å². The predicted molar refractivity (Wildman–Crippen MR) is 182 cm³/mol. The molecule has 1 aliphatic rings. The Bertz CT molecular complexity index is 1580. The van der Waals surface area contributed by atoms with Crippen LogP contribution in [0.25, 0.3) is 27.3 Å². The molecule has 0 bridgehead atoms. The van der Waals surface area contributed by atoms with Crippen LogP contribution in [0.4, 0.5) is 0 Å². The first-order chi connectivity index (χ1) is 22.5. The van der Waals surface area contributed by atoms with Gasteiger partial charge in [0.1, 0.15) is 24.7 Å². The van der Waals surface area contributed by atoms with Gasteiger partial charge < -0.3 is 20.5 Å². The molecule has 17 heteroatoms. The van der Waals surface area contributed by atoms with Crippen LogP contribution in [0.2, 0.25) is 0 Å². The van der Waals surface area contributed by atoms with Gasteiger partial charge in [-0.1, -0.05) is 58.1 Å². The van der Waals surface area contributed by atoms with Gasteiger partial charge in [-0.15, -0.1) is 0 Å². The quantitative estimate of drug-likeness (QED) is 0.0764. The summed E-state index contributed by atoms with van der Waals surface area (Å²) in [6.07, 6.45) is 5.24. The standard InChI is InChI=1S/C31H39Cl3N8O6/c1-18(27(45)42-13-5-6-25(40-42)28(46)48-17-31(32,33)34)38-26(44)24(10-12-37-41-35)39-29(47)30(3,4)11-9-23-15-22-14-20(19(2)43)7-8-21(22)16-36-23/h7-9,11,14-16,18-19,24-25,40,43H,5-6,10,12-13,17H2,1-4H3,(H,38,44)(H,39,47)/b11-9+/t18-,19+,24?,25-/m0/s1. The molecular formula is C31H39Cl3N8O6. The second-order valence-electron chi connectivity index (χ2n) is 12.0. The van der Waals surface area contributed by atoms with Crippen LogP contribution >= 0.6 is 34.8 Å². The predicted octanol–water partition coefficient (Wildman–Crippen LogP) is 4.43. The Labute approximate surface area is 293 Å². The molecule has 14 nitrogen and oxygen atoms in total. The van der Waals surface area contributed by atoms with E-state index < -0.39 is 63.7 Å². The fourth-order valence-electron chi connectivity index (χ4n) is 4.72. The fourth-order valence-corrected chi connectivity index (χ4v) is 4.88. The molecule has 0 radical (unpaired) electrons. The monoisotopic (exact) mass is 724 g/mol. The maximum absolute atomic E-state index is 13.4. The first-order valence-corrected chi connectivity index (χ1v) is 16.3. The molecule has 1 aliphatic heterocycles. The molecule has 1 fully saturated rings. The van der Waals surface area contributed by atoms with E-state index in [0.717, 1.165) is 16.3 Å². The van der Waals surface area contributed by atoms with Crippen molar-refractivity contribution in [1.29, 1.82) is 0 Å². The molecule has 3 amide bonds. The van der Waals surface area contributed by atoms with E-state index in [1.165, 1.54) is 11.9 Å². The molecule has 48 heavy (non-hydrogen) atoms. The zero-order valence-electron chi connectivity index (χ0n) is 27.0. The van der Waals surface area contributed by atoms with Crippen LogP contribution in [0.3, 0.4) is 0 Å². The Morgan fingerprint density at radius 3 is 2.60 bits per heavy atom. The van der Waals surface area contributed by atoms with Gasteiger partial charge in [0.2, 0.25) is 15.6 Å². The van der Waals surface area contributed by atoms with Crippen LogP contribution in [-0.4, -0.2) is 80.4 Å². The van der Waals surface area contributed by atoms with Crippen molar-refractivity contribution in [3.05, 3.63) is 58.2 Å². The van der Waals surface area contributed by atoms with Crippen LogP contribution in [0.1, 0.15) is 64.3 Å². The van der Waals surface area contributed by atoms with Crippen molar-refractivity contribution in [2.75, 3.05) is 19.7 Å². The van der Waals surface area contributed by atoms with Gasteiger partial charge in [0.15, 0.2) is 0 Å². The van der Waals surface area contributed by atoms with Crippen LogP contribution in [-0.2, 0) is 23.9 Å². The summed E-state index contributed by atoms with van der Waals surface area (Å²) in [5.41, 5.74) is 11.8. The minimum atomic E-state index is -1.78. The highest BCUT2D eigenvalue weighted by Crippen LogP contribution is 2.26. The van der Waals surface area contributed by atoms with Crippen molar-refractivity contribution >= 4 is 75.3 Å². The number of carbonyl (C=O) groups is 4. The summed E-state index contributed by atoms with van der Waals surface area (Å²) in [5.74, 6) is -2.40. The first kappa shape index (κ1) is 38.8. The third-order valence-corrected chi connectivity index (χ3v) is 7.88. The van der Waals surface area contributed by atoms with E-state index in [9.17, 15) is 24.3 Å². The van der Waals surface area contributed by atoms with Crippen LogP contribution in [0.5, 0.6) is 0 Å². The van der Waals surface area contributed by atoms with Crippen molar-refractivity contribution in [3.63, 3.8) is 0 Å².